The van der Waals surface area contributed by atoms with Gasteiger partial charge in [0, 0.05) is 11.1 Å². The Hall–Kier alpha value is -4.56. The number of anilines is 1. The Kier molecular flexibility index (Phi) is 5.46. The molecule has 6 rings (SSSR count). The second-order valence-electron chi connectivity index (χ2n) is 8.65. The van der Waals surface area contributed by atoms with E-state index in [1.165, 1.54) is 6.07 Å². The molecule has 0 saturated heterocycles. The molecule has 0 bridgehead atoms. The van der Waals surface area contributed by atoms with Crippen molar-refractivity contribution in [2.75, 3.05) is 11.1 Å². The fourth-order valence-electron chi connectivity index (χ4n) is 4.81. The van der Waals surface area contributed by atoms with Gasteiger partial charge in [0.1, 0.15) is 0 Å². The van der Waals surface area contributed by atoms with Crippen molar-refractivity contribution in [3.8, 4) is 11.5 Å². The van der Waals surface area contributed by atoms with Crippen molar-refractivity contribution in [3.63, 3.8) is 0 Å². The maximum absolute atomic E-state index is 14.1. The van der Waals surface area contributed by atoms with Gasteiger partial charge in [-0.25, -0.2) is 17.5 Å². The molecule has 2 aliphatic heterocycles. The standard InChI is InChI=1S/C29H21NO6S/c31-29(32)28-27(21-14-15-24-25(17-21)36-18-35-24)22-11-5-7-13-26(22)37(33,34)30(28)23-12-6-4-10-20(23)16-19-8-2-1-3-9-19/h1-15,17H,16,18H2,(H,31,32). The Labute approximate surface area is 213 Å². The van der Waals surface area contributed by atoms with Crippen LogP contribution >= 0.6 is 0 Å². The fourth-order valence-corrected chi connectivity index (χ4v) is 6.55. The van der Waals surface area contributed by atoms with Gasteiger partial charge in [-0.2, -0.15) is 0 Å². The van der Waals surface area contributed by atoms with Gasteiger partial charge in [-0.05, 0) is 47.4 Å². The monoisotopic (exact) mass is 511 g/mol. The highest BCUT2D eigenvalue weighted by molar-refractivity contribution is 7.93. The predicted molar refractivity (Wildman–Crippen MR) is 138 cm³/mol. The zero-order valence-electron chi connectivity index (χ0n) is 19.5. The van der Waals surface area contributed by atoms with Crippen molar-refractivity contribution >= 4 is 27.3 Å². The third-order valence-corrected chi connectivity index (χ3v) is 8.20. The van der Waals surface area contributed by atoms with Gasteiger partial charge < -0.3 is 14.6 Å². The van der Waals surface area contributed by atoms with Crippen molar-refractivity contribution in [1.82, 2.24) is 0 Å². The smallest absolute Gasteiger partial charge is 0.354 e. The molecule has 2 aliphatic rings. The van der Waals surface area contributed by atoms with Crippen molar-refractivity contribution in [2.45, 2.75) is 11.3 Å². The van der Waals surface area contributed by atoms with Crippen LogP contribution in [0.1, 0.15) is 22.3 Å². The van der Waals surface area contributed by atoms with Gasteiger partial charge in [-0.15, -0.1) is 0 Å². The first-order chi connectivity index (χ1) is 17.9. The van der Waals surface area contributed by atoms with Crippen molar-refractivity contribution in [1.29, 1.82) is 0 Å². The maximum atomic E-state index is 14.1. The first-order valence-corrected chi connectivity index (χ1v) is 13.0. The van der Waals surface area contributed by atoms with E-state index in [1.54, 1.807) is 48.5 Å². The molecule has 37 heavy (non-hydrogen) atoms. The minimum Gasteiger partial charge on any atom is -0.477 e. The Morgan fingerprint density at radius 2 is 1.54 bits per heavy atom. The molecule has 0 amide bonds. The van der Waals surface area contributed by atoms with E-state index < -0.39 is 16.0 Å². The summed E-state index contributed by atoms with van der Waals surface area (Å²) in [6.07, 6.45) is 0.428. The second kappa shape index (κ2) is 8.83. The first kappa shape index (κ1) is 22.9. The Balaban J connectivity index is 1.64. The first-order valence-electron chi connectivity index (χ1n) is 11.6. The third-order valence-electron chi connectivity index (χ3n) is 6.43. The average Bonchev–Trinajstić information content (AvgIpc) is 3.38. The minimum atomic E-state index is -4.26. The van der Waals surface area contributed by atoms with E-state index in [0.29, 0.717) is 34.6 Å². The molecular formula is C29H21NO6S. The number of para-hydroxylation sites is 1. The van der Waals surface area contributed by atoms with Crippen LogP contribution in [0.4, 0.5) is 5.69 Å². The van der Waals surface area contributed by atoms with Crippen LogP contribution in [0.2, 0.25) is 0 Å². The number of benzene rings is 4. The van der Waals surface area contributed by atoms with Crippen LogP contribution in [-0.4, -0.2) is 26.3 Å². The number of rotatable bonds is 5. The highest BCUT2D eigenvalue weighted by Crippen LogP contribution is 2.45. The normalized spacial score (nSPS) is 15.4. The van der Waals surface area contributed by atoms with Gasteiger partial charge in [0.2, 0.25) is 6.79 Å². The van der Waals surface area contributed by atoms with Gasteiger partial charge in [-0.3, -0.25) is 0 Å². The lowest BCUT2D eigenvalue weighted by molar-refractivity contribution is -0.132. The quantitative estimate of drug-likeness (QED) is 0.403. The lowest BCUT2D eigenvalue weighted by Crippen LogP contribution is -2.39. The van der Waals surface area contributed by atoms with E-state index in [1.807, 2.05) is 42.5 Å². The molecule has 2 heterocycles. The van der Waals surface area contributed by atoms with Crippen LogP contribution in [0.25, 0.3) is 5.57 Å². The van der Waals surface area contributed by atoms with Crippen molar-refractivity contribution in [3.05, 3.63) is 125 Å². The molecule has 7 nitrogen and oxygen atoms in total. The molecular weight excluding hydrogens is 490 g/mol. The van der Waals surface area contributed by atoms with Crippen molar-refractivity contribution < 1.29 is 27.8 Å². The summed E-state index contributed by atoms with van der Waals surface area (Å²) in [4.78, 5) is 12.9. The van der Waals surface area contributed by atoms with E-state index in [-0.39, 0.29) is 28.6 Å². The molecule has 0 aliphatic carbocycles. The number of carbonyl (C=O) groups is 1. The Morgan fingerprint density at radius 3 is 2.35 bits per heavy atom. The third kappa shape index (κ3) is 3.82. The molecule has 0 radical (unpaired) electrons. The summed E-state index contributed by atoms with van der Waals surface area (Å²) in [5.41, 5.74) is 2.70. The molecule has 4 aromatic carbocycles. The number of sulfonamides is 1. The van der Waals surface area contributed by atoms with Gasteiger partial charge in [0.25, 0.3) is 10.0 Å². The molecule has 4 aromatic rings. The molecule has 0 aromatic heterocycles. The highest BCUT2D eigenvalue weighted by atomic mass is 32.2. The summed E-state index contributed by atoms with van der Waals surface area (Å²) >= 11 is 0. The average molecular weight is 512 g/mol. The molecule has 8 heteroatoms. The van der Waals surface area contributed by atoms with E-state index >= 15 is 0 Å². The number of ether oxygens (including phenoxy) is 2. The van der Waals surface area contributed by atoms with E-state index in [0.717, 1.165) is 9.87 Å². The minimum absolute atomic E-state index is 0.0298. The van der Waals surface area contributed by atoms with Crippen LogP contribution in [0.15, 0.2) is 108 Å². The summed E-state index contributed by atoms with van der Waals surface area (Å²) < 4.78 is 40.1. The van der Waals surface area contributed by atoms with Gasteiger partial charge >= 0.3 is 5.97 Å². The predicted octanol–water partition coefficient (Wildman–Crippen LogP) is 5.06. The summed E-state index contributed by atoms with van der Waals surface area (Å²) in [5, 5.41) is 10.5. The van der Waals surface area contributed by atoms with Gasteiger partial charge in [0.15, 0.2) is 17.2 Å². The molecule has 0 spiro atoms. The molecule has 184 valence electrons. The number of carboxylic acid groups (broad SMARTS) is 1. The van der Waals surface area contributed by atoms with E-state index in [4.69, 9.17) is 9.47 Å². The summed E-state index contributed by atoms with van der Waals surface area (Å²) in [6, 6.07) is 28.2. The van der Waals surface area contributed by atoms with Gasteiger partial charge in [-0.1, -0.05) is 72.8 Å². The number of fused-ring (bicyclic) bond motifs is 2. The SMILES string of the molecule is O=C(O)C1=C(c2ccc3c(c2)OCO3)c2ccccc2S(=O)(=O)N1c1ccccc1Cc1ccccc1. The van der Waals surface area contributed by atoms with Crippen LogP contribution in [0.3, 0.4) is 0 Å². The topological polar surface area (TPSA) is 93.1 Å². The number of aliphatic carboxylic acids is 1. The molecule has 0 unspecified atom stereocenters. The molecule has 1 N–H and O–H groups in total. The van der Waals surface area contributed by atoms with E-state index in [2.05, 4.69) is 0 Å². The number of hydrogen-bond donors (Lipinski definition) is 1. The molecule has 0 atom stereocenters. The van der Waals surface area contributed by atoms with E-state index in [9.17, 15) is 18.3 Å². The number of hydrogen-bond acceptors (Lipinski definition) is 5. The molecule has 0 fully saturated rings. The highest BCUT2D eigenvalue weighted by Gasteiger charge is 2.42. The summed E-state index contributed by atoms with van der Waals surface area (Å²) in [6.45, 7) is 0.0631. The number of nitrogens with zero attached hydrogens (tertiary/aromatic N) is 1. The summed E-state index contributed by atoms with van der Waals surface area (Å²) in [5.74, 6) is -0.347. The lowest BCUT2D eigenvalue weighted by Gasteiger charge is -2.33. The van der Waals surface area contributed by atoms with Crippen LogP contribution < -0.4 is 13.8 Å². The fraction of sp³-hybridized carbons (Fsp3) is 0.0690. The largest absolute Gasteiger partial charge is 0.477 e. The van der Waals surface area contributed by atoms with Crippen LogP contribution in [0.5, 0.6) is 11.5 Å². The van der Waals surface area contributed by atoms with Crippen molar-refractivity contribution in [2.24, 2.45) is 0 Å². The van der Waals surface area contributed by atoms with Crippen LogP contribution in [-0.2, 0) is 21.2 Å². The zero-order chi connectivity index (χ0) is 25.6. The lowest BCUT2D eigenvalue weighted by atomic mass is 9.94. The Morgan fingerprint density at radius 1 is 0.838 bits per heavy atom. The Bertz CT molecular complexity index is 1680. The maximum Gasteiger partial charge on any atom is 0.354 e. The zero-order valence-corrected chi connectivity index (χ0v) is 20.3. The summed E-state index contributed by atoms with van der Waals surface area (Å²) in [7, 11) is -4.26. The second-order valence-corrected chi connectivity index (χ2v) is 10.4. The molecule has 0 saturated carbocycles. The van der Waals surface area contributed by atoms with Crippen LogP contribution in [0, 0.1) is 0 Å². The number of carboxylic acids is 1. The van der Waals surface area contributed by atoms with Gasteiger partial charge in [0.05, 0.1) is 10.6 Å².